The van der Waals surface area contributed by atoms with Crippen LogP contribution in [0.4, 0.5) is 0 Å². The first-order chi connectivity index (χ1) is 12.2. The summed E-state index contributed by atoms with van der Waals surface area (Å²) in [7, 11) is 1.85. The Morgan fingerprint density at radius 3 is 2.84 bits per heavy atom. The summed E-state index contributed by atoms with van der Waals surface area (Å²) >= 11 is 0. The van der Waals surface area contributed by atoms with Crippen LogP contribution in [0.3, 0.4) is 0 Å². The maximum absolute atomic E-state index is 5.53. The van der Waals surface area contributed by atoms with E-state index in [-0.39, 0.29) is 0 Å². The molecule has 0 aliphatic carbocycles. The van der Waals surface area contributed by atoms with E-state index in [1.54, 1.807) is 0 Å². The average molecular weight is 354 g/mol. The van der Waals surface area contributed by atoms with Gasteiger partial charge in [-0.25, -0.2) is 0 Å². The van der Waals surface area contributed by atoms with Gasteiger partial charge in [0, 0.05) is 51.4 Å². The summed E-state index contributed by atoms with van der Waals surface area (Å²) in [4.78, 5) is 9.54. The molecule has 146 valence electrons. The summed E-state index contributed by atoms with van der Waals surface area (Å²) in [6.07, 6.45) is 5.36. The molecule has 0 saturated carbocycles. The van der Waals surface area contributed by atoms with Gasteiger partial charge in [0.25, 0.3) is 0 Å². The van der Waals surface area contributed by atoms with Gasteiger partial charge in [-0.2, -0.15) is 0 Å². The first-order valence-corrected chi connectivity index (χ1v) is 10.2. The van der Waals surface area contributed by atoms with Gasteiger partial charge in [-0.05, 0) is 39.7 Å². The predicted molar refractivity (Wildman–Crippen MR) is 105 cm³/mol. The van der Waals surface area contributed by atoms with Crippen LogP contribution in [0.5, 0.6) is 0 Å². The van der Waals surface area contributed by atoms with Gasteiger partial charge in [0.15, 0.2) is 5.96 Å². The van der Waals surface area contributed by atoms with Crippen molar-refractivity contribution in [1.29, 1.82) is 0 Å². The fraction of sp³-hybridized carbons (Fsp3) is 0.947. The van der Waals surface area contributed by atoms with E-state index in [0.717, 1.165) is 51.4 Å². The molecule has 2 N–H and O–H groups in total. The third kappa shape index (κ3) is 6.42. The molecule has 25 heavy (non-hydrogen) atoms. The largest absolute Gasteiger partial charge is 0.379 e. The number of hydrogen-bond donors (Lipinski definition) is 2. The molecule has 0 aromatic rings. The summed E-state index contributed by atoms with van der Waals surface area (Å²) in [5, 5.41) is 6.97. The fourth-order valence-electron chi connectivity index (χ4n) is 4.11. The monoisotopic (exact) mass is 353 g/mol. The number of likely N-dealkylation sites (tertiary alicyclic amines) is 1. The molecule has 0 bridgehead atoms. The van der Waals surface area contributed by atoms with Crippen LogP contribution < -0.4 is 10.6 Å². The molecule has 2 heterocycles. The van der Waals surface area contributed by atoms with E-state index in [0.29, 0.717) is 12.1 Å². The average Bonchev–Trinajstić information content (AvgIpc) is 2.65. The number of hydrogen-bond acceptors (Lipinski definition) is 4. The zero-order chi connectivity index (χ0) is 18.1. The van der Waals surface area contributed by atoms with Crippen molar-refractivity contribution in [2.24, 2.45) is 4.99 Å². The van der Waals surface area contributed by atoms with Crippen LogP contribution in [0.15, 0.2) is 4.99 Å². The Labute approximate surface area is 154 Å². The Morgan fingerprint density at radius 1 is 1.28 bits per heavy atom. The number of rotatable bonds is 7. The van der Waals surface area contributed by atoms with Gasteiger partial charge in [-0.15, -0.1) is 0 Å². The number of guanidine groups is 1. The highest BCUT2D eigenvalue weighted by Gasteiger charge is 2.24. The summed E-state index contributed by atoms with van der Waals surface area (Å²) in [6.45, 7) is 13.8. The summed E-state index contributed by atoms with van der Waals surface area (Å²) in [6, 6.07) is 1.74. The van der Waals surface area contributed by atoms with Crippen molar-refractivity contribution in [1.82, 2.24) is 20.4 Å². The van der Waals surface area contributed by atoms with Crippen LogP contribution in [-0.4, -0.2) is 86.9 Å². The molecular weight excluding hydrogens is 314 g/mol. The second kappa shape index (κ2) is 11.0. The predicted octanol–water partition coefficient (Wildman–Crippen LogP) is 1.53. The third-order valence-electron chi connectivity index (χ3n) is 5.69. The van der Waals surface area contributed by atoms with Gasteiger partial charge < -0.3 is 15.4 Å². The Bertz CT molecular complexity index is 403. The van der Waals surface area contributed by atoms with Gasteiger partial charge in [-0.3, -0.25) is 14.8 Å². The quantitative estimate of drug-likeness (QED) is 0.537. The van der Waals surface area contributed by atoms with Gasteiger partial charge in [0.05, 0.1) is 13.2 Å². The highest BCUT2D eigenvalue weighted by molar-refractivity contribution is 5.79. The molecule has 6 nitrogen and oxygen atoms in total. The lowest BCUT2D eigenvalue weighted by Gasteiger charge is -2.38. The Balaban J connectivity index is 1.68. The number of morpholine rings is 1. The number of nitrogens with one attached hydrogen (secondary N) is 2. The van der Waals surface area contributed by atoms with Crippen molar-refractivity contribution in [3.05, 3.63) is 0 Å². The molecule has 2 fully saturated rings. The van der Waals surface area contributed by atoms with Gasteiger partial charge in [0.1, 0.15) is 0 Å². The number of aliphatic imine (C=N–C) groups is 1. The van der Waals surface area contributed by atoms with Crippen LogP contribution in [0, 0.1) is 0 Å². The van der Waals surface area contributed by atoms with Gasteiger partial charge in [-0.1, -0.05) is 13.3 Å². The van der Waals surface area contributed by atoms with Crippen molar-refractivity contribution in [3.8, 4) is 0 Å². The van der Waals surface area contributed by atoms with Crippen molar-refractivity contribution in [3.63, 3.8) is 0 Å². The lowest BCUT2D eigenvalue weighted by atomic mass is 10.0. The van der Waals surface area contributed by atoms with Crippen LogP contribution >= 0.6 is 0 Å². The molecular formula is C19H39N5O. The molecule has 2 rings (SSSR count). The number of nitrogens with zero attached hydrogens (tertiary/aromatic N) is 3. The maximum atomic E-state index is 5.53. The van der Waals surface area contributed by atoms with E-state index >= 15 is 0 Å². The van der Waals surface area contributed by atoms with Crippen LogP contribution in [0.2, 0.25) is 0 Å². The van der Waals surface area contributed by atoms with E-state index in [9.17, 15) is 0 Å². The molecule has 0 aromatic heterocycles. The lowest BCUT2D eigenvalue weighted by Crippen LogP contribution is -2.53. The molecule has 2 aliphatic rings. The molecule has 0 radical (unpaired) electrons. The molecule has 3 unspecified atom stereocenters. The third-order valence-corrected chi connectivity index (χ3v) is 5.69. The SMILES string of the molecule is CCC1CCCCN1CCNC(=NC)NCC(C)N1CCOCC1C. The van der Waals surface area contributed by atoms with Crippen LogP contribution in [-0.2, 0) is 4.74 Å². The number of piperidine rings is 1. The minimum Gasteiger partial charge on any atom is -0.379 e. The lowest BCUT2D eigenvalue weighted by molar-refractivity contribution is -0.0174. The van der Waals surface area contributed by atoms with E-state index in [1.807, 2.05) is 7.05 Å². The highest BCUT2D eigenvalue weighted by atomic mass is 16.5. The number of ether oxygens (including phenoxy) is 1. The summed E-state index contributed by atoms with van der Waals surface area (Å²) < 4.78 is 5.53. The van der Waals surface area contributed by atoms with Crippen molar-refractivity contribution < 1.29 is 4.74 Å². The maximum Gasteiger partial charge on any atom is 0.191 e. The fourth-order valence-corrected chi connectivity index (χ4v) is 4.11. The zero-order valence-corrected chi connectivity index (χ0v) is 16.8. The van der Waals surface area contributed by atoms with E-state index < -0.39 is 0 Å². The van der Waals surface area contributed by atoms with Crippen LogP contribution in [0.1, 0.15) is 46.5 Å². The molecule has 0 spiro atoms. The van der Waals surface area contributed by atoms with E-state index in [1.165, 1.54) is 32.2 Å². The minimum atomic E-state index is 0.476. The first-order valence-electron chi connectivity index (χ1n) is 10.2. The minimum absolute atomic E-state index is 0.476. The van der Waals surface area contributed by atoms with Crippen molar-refractivity contribution in [2.75, 3.05) is 53.0 Å². The highest BCUT2D eigenvalue weighted by Crippen LogP contribution is 2.18. The second-order valence-electron chi connectivity index (χ2n) is 7.48. The van der Waals surface area contributed by atoms with Gasteiger partial charge >= 0.3 is 0 Å². The summed E-state index contributed by atoms with van der Waals surface area (Å²) in [5.41, 5.74) is 0. The molecule has 2 aliphatic heterocycles. The Kier molecular flexibility index (Phi) is 8.99. The normalized spacial score (nSPS) is 27.9. The molecule has 6 heteroatoms. The molecule has 3 atom stereocenters. The topological polar surface area (TPSA) is 52.1 Å². The van der Waals surface area contributed by atoms with Crippen molar-refractivity contribution >= 4 is 5.96 Å². The molecule has 2 saturated heterocycles. The summed E-state index contributed by atoms with van der Waals surface area (Å²) in [5.74, 6) is 0.915. The molecule has 0 aromatic carbocycles. The van der Waals surface area contributed by atoms with Crippen LogP contribution in [0.25, 0.3) is 0 Å². The van der Waals surface area contributed by atoms with Gasteiger partial charge in [0.2, 0.25) is 0 Å². The second-order valence-corrected chi connectivity index (χ2v) is 7.48. The van der Waals surface area contributed by atoms with E-state index in [4.69, 9.17) is 4.74 Å². The Hall–Kier alpha value is -0.850. The smallest absolute Gasteiger partial charge is 0.191 e. The van der Waals surface area contributed by atoms with E-state index in [2.05, 4.69) is 46.2 Å². The first kappa shape index (κ1) is 20.5. The Morgan fingerprint density at radius 2 is 2.12 bits per heavy atom. The van der Waals surface area contributed by atoms with Crippen molar-refractivity contribution in [2.45, 2.75) is 64.6 Å². The zero-order valence-electron chi connectivity index (χ0n) is 16.8. The molecule has 0 amide bonds. The standard InChI is InChI=1S/C19H39N5O/c1-5-18-8-6-7-10-23(18)11-9-21-19(20-4)22-14-16(2)24-12-13-25-15-17(24)3/h16-18H,5-15H2,1-4H3,(H2,20,21,22).